The van der Waals surface area contributed by atoms with Crippen molar-refractivity contribution in [2.45, 2.75) is 51.4 Å². The first-order valence-corrected chi connectivity index (χ1v) is 13.2. The van der Waals surface area contributed by atoms with Crippen molar-refractivity contribution in [3.8, 4) is 6.07 Å². The molecule has 4 saturated carbocycles. The van der Waals surface area contributed by atoms with Crippen LogP contribution in [-0.4, -0.2) is 24.6 Å². The van der Waals surface area contributed by atoms with Gasteiger partial charge in [0.1, 0.15) is 5.78 Å². The van der Waals surface area contributed by atoms with Crippen LogP contribution in [0.2, 0.25) is 0 Å². The maximum Gasteiger partial charge on any atom is 0.336 e. The van der Waals surface area contributed by atoms with Gasteiger partial charge in [0.2, 0.25) is 0 Å². The van der Waals surface area contributed by atoms with E-state index in [1.165, 1.54) is 49.5 Å². The van der Waals surface area contributed by atoms with Crippen molar-refractivity contribution in [1.82, 2.24) is 5.32 Å². The minimum atomic E-state index is -0.467. The number of ketones is 1. The lowest BCUT2D eigenvalue weighted by Crippen LogP contribution is -2.50. The molecule has 1 atom stereocenters. The van der Waals surface area contributed by atoms with Gasteiger partial charge in [-0.15, -0.1) is 11.3 Å². The fourth-order valence-corrected chi connectivity index (χ4v) is 8.86. The van der Waals surface area contributed by atoms with Crippen LogP contribution in [0.5, 0.6) is 0 Å². The molecule has 1 N–H and O–H groups in total. The maximum atomic E-state index is 13.5. The number of dihydropyridines is 1. The highest BCUT2D eigenvalue weighted by Gasteiger charge is 2.54. The number of nitriles is 1. The number of carbonyl (C=O) groups excluding carboxylic acids is 2. The Morgan fingerprint density at radius 3 is 2.44 bits per heavy atom. The van der Waals surface area contributed by atoms with Gasteiger partial charge in [-0.1, -0.05) is 17.8 Å². The molecule has 1 aromatic rings. The molecule has 5 aliphatic rings. The van der Waals surface area contributed by atoms with E-state index in [2.05, 4.69) is 11.4 Å². The van der Waals surface area contributed by atoms with Crippen LogP contribution in [0.4, 0.5) is 0 Å². The molecule has 0 saturated heterocycles. The number of methoxy groups -OCH3 is 1. The summed E-state index contributed by atoms with van der Waals surface area (Å²) in [5, 5.41) is 16.0. The standard InChI is InChI=1S/C25H28N2O3S2/c1-14-21(24(29)30-2)22(19-4-3-5-31-19)18(12-26)23(27-14)32-13-20(28)25-9-15-6-16(10-25)8-17(7-15)11-25/h3-5,15-17,22,27H,6-11,13H2,1-2H3/t15?,16?,17?,22-,25?/m1/s1. The Bertz CT molecular complexity index is 1010. The van der Waals surface area contributed by atoms with Crippen LogP contribution >= 0.6 is 23.1 Å². The minimum Gasteiger partial charge on any atom is -0.466 e. The van der Waals surface area contributed by atoms with E-state index in [4.69, 9.17) is 4.74 Å². The number of hydrogen-bond donors (Lipinski definition) is 1. The molecule has 6 rings (SSSR count). The summed E-state index contributed by atoms with van der Waals surface area (Å²) in [4.78, 5) is 27.0. The van der Waals surface area contributed by atoms with Crippen LogP contribution in [0.25, 0.3) is 0 Å². The third-order valence-corrected chi connectivity index (χ3v) is 9.81. The fourth-order valence-electron chi connectivity index (χ4n) is 6.89. The van der Waals surface area contributed by atoms with Crippen molar-refractivity contribution in [2.24, 2.45) is 23.2 Å². The van der Waals surface area contributed by atoms with E-state index in [1.807, 2.05) is 24.4 Å². The number of hydrogen-bond acceptors (Lipinski definition) is 7. The number of thiophene rings is 1. The van der Waals surface area contributed by atoms with E-state index in [9.17, 15) is 14.9 Å². The highest BCUT2D eigenvalue weighted by atomic mass is 32.2. The van der Waals surface area contributed by atoms with Crippen LogP contribution in [0.15, 0.2) is 39.4 Å². The summed E-state index contributed by atoms with van der Waals surface area (Å²) >= 11 is 2.94. The Labute approximate surface area is 197 Å². The molecule has 4 fully saturated rings. The quantitative estimate of drug-likeness (QED) is 0.583. The lowest BCUT2D eigenvalue weighted by molar-refractivity contribution is -0.141. The zero-order valence-corrected chi connectivity index (χ0v) is 20.1. The van der Waals surface area contributed by atoms with Gasteiger partial charge in [0.05, 0.1) is 41.0 Å². The minimum absolute atomic E-state index is 0.140. The number of thioether (sulfide) groups is 1. The maximum absolute atomic E-state index is 13.5. The van der Waals surface area contributed by atoms with Gasteiger partial charge in [-0.25, -0.2) is 4.79 Å². The van der Waals surface area contributed by atoms with Gasteiger partial charge in [-0.2, -0.15) is 5.26 Å². The molecular formula is C25H28N2O3S2. The number of ether oxygens (including phenoxy) is 1. The first-order chi connectivity index (χ1) is 15.4. The highest BCUT2D eigenvalue weighted by molar-refractivity contribution is 8.03. The number of Topliss-reactive ketones (excluding diaryl/α,β-unsaturated/α-hetero) is 1. The van der Waals surface area contributed by atoms with Crippen LogP contribution in [-0.2, 0) is 14.3 Å². The van der Waals surface area contributed by atoms with Crippen LogP contribution in [0, 0.1) is 34.5 Å². The lowest BCUT2D eigenvalue weighted by atomic mass is 9.48. The number of esters is 1. The summed E-state index contributed by atoms with van der Waals surface area (Å²) in [7, 11) is 1.36. The summed E-state index contributed by atoms with van der Waals surface area (Å²) in [5.41, 5.74) is 1.49. The van der Waals surface area contributed by atoms with Gasteiger partial charge >= 0.3 is 5.97 Å². The Hall–Kier alpha value is -2.04. The van der Waals surface area contributed by atoms with E-state index in [0.717, 1.165) is 41.9 Å². The van der Waals surface area contributed by atoms with Gasteiger partial charge < -0.3 is 10.1 Å². The van der Waals surface area contributed by atoms with Gasteiger partial charge in [-0.3, -0.25) is 4.79 Å². The zero-order valence-electron chi connectivity index (χ0n) is 18.5. The summed E-state index contributed by atoms with van der Waals surface area (Å²) < 4.78 is 5.03. The van der Waals surface area contributed by atoms with Crippen LogP contribution in [0.1, 0.15) is 56.2 Å². The molecule has 0 radical (unpaired) electrons. The number of rotatable bonds is 6. The average molecular weight is 469 g/mol. The van der Waals surface area contributed by atoms with E-state index < -0.39 is 11.9 Å². The fraction of sp³-hybridized carbons (Fsp3) is 0.560. The van der Waals surface area contributed by atoms with Crippen LogP contribution < -0.4 is 5.32 Å². The largest absolute Gasteiger partial charge is 0.466 e. The molecule has 0 spiro atoms. The van der Waals surface area contributed by atoms with Crippen molar-refractivity contribution in [2.75, 3.05) is 12.9 Å². The number of allylic oxidation sites excluding steroid dienone is 2. The predicted molar refractivity (Wildman–Crippen MR) is 126 cm³/mol. The molecule has 0 aromatic carbocycles. The summed E-state index contributed by atoms with van der Waals surface area (Å²) in [6.45, 7) is 1.84. The molecule has 4 aliphatic carbocycles. The molecule has 5 nitrogen and oxygen atoms in total. The highest BCUT2D eigenvalue weighted by Crippen LogP contribution is 2.60. The molecule has 0 unspecified atom stereocenters. The van der Waals surface area contributed by atoms with E-state index in [1.54, 1.807) is 0 Å². The van der Waals surface area contributed by atoms with E-state index in [0.29, 0.717) is 33.4 Å². The first-order valence-electron chi connectivity index (χ1n) is 11.3. The number of nitrogens with zero attached hydrogens (tertiary/aromatic N) is 1. The zero-order chi connectivity index (χ0) is 22.5. The molecule has 168 valence electrons. The summed E-state index contributed by atoms with van der Waals surface area (Å²) in [5.74, 6) is 2.01. The Kier molecular flexibility index (Phi) is 5.71. The van der Waals surface area contributed by atoms with Crippen molar-refractivity contribution < 1.29 is 14.3 Å². The van der Waals surface area contributed by atoms with Gasteiger partial charge in [0.15, 0.2) is 0 Å². The molecular weight excluding hydrogens is 440 g/mol. The monoisotopic (exact) mass is 468 g/mol. The third kappa shape index (κ3) is 3.62. The normalized spacial score (nSPS) is 33.2. The molecule has 0 amide bonds. The average Bonchev–Trinajstić information content (AvgIpc) is 3.30. The van der Waals surface area contributed by atoms with Crippen molar-refractivity contribution in [3.05, 3.63) is 44.3 Å². The SMILES string of the molecule is COC(=O)C1=C(C)NC(SCC(=O)C23CC4CC(CC(C4)C2)C3)=C(C#N)[C@@H]1c1cccs1. The van der Waals surface area contributed by atoms with E-state index in [-0.39, 0.29) is 5.41 Å². The third-order valence-electron chi connectivity index (χ3n) is 7.86. The molecule has 1 aliphatic heterocycles. The summed E-state index contributed by atoms with van der Waals surface area (Å²) in [6, 6.07) is 6.19. The molecule has 2 heterocycles. The topological polar surface area (TPSA) is 79.2 Å². The second kappa shape index (κ2) is 8.39. The van der Waals surface area contributed by atoms with Gasteiger partial charge in [0, 0.05) is 16.0 Å². The predicted octanol–water partition coefficient (Wildman–Crippen LogP) is 5.14. The van der Waals surface area contributed by atoms with Gasteiger partial charge in [0.25, 0.3) is 0 Å². The molecule has 1 aromatic heterocycles. The van der Waals surface area contributed by atoms with Gasteiger partial charge in [-0.05, 0) is 74.6 Å². The lowest BCUT2D eigenvalue weighted by Gasteiger charge is -2.56. The smallest absolute Gasteiger partial charge is 0.336 e. The van der Waals surface area contributed by atoms with Crippen molar-refractivity contribution in [1.29, 1.82) is 5.26 Å². The molecule has 7 heteroatoms. The molecule has 4 bridgehead atoms. The number of carbonyl (C=O) groups is 2. The second-order valence-corrected chi connectivity index (χ2v) is 11.8. The Balaban J connectivity index is 1.40. The summed E-state index contributed by atoms with van der Waals surface area (Å²) in [6.07, 6.45) is 7.10. The second-order valence-electron chi connectivity index (χ2n) is 9.87. The van der Waals surface area contributed by atoms with Crippen molar-refractivity contribution >= 4 is 34.9 Å². The van der Waals surface area contributed by atoms with E-state index >= 15 is 0 Å². The Morgan fingerprint density at radius 1 is 1.25 bits per heavy atom. The number of nitrogens with one attached hydrogen (secondary N) is 1. The van der Waals surface area contributed by atoms with Crippen molar-refractivity contribution in [3.63, 3.8) is 0 Å². The van der Waals surface area contributed by atoms with Crippen LogP contribution in [0.3, 0.4) is 0 Å². The first kappa shape index (κ1) is 21.8. The molecule has 32 heavy (non-hydrogen) atoms. The Morgan fingerprint density at radius 2 is 1.91 bits per heavy atom.